The monoisotopic (exact) mass is 448 g/mol. The van der Waals surface area contributed by atoms with E-state index < -0.39 is 0 Å². The van der Waals surface area contributed by atoms with E-state index in [0.717, 1.165) is 12.8 Å². The number of oxazole rings is 1. The fourth-order valence-electron chi connectivity index (χ4n) is 3.91. The fraction of sp³-hybridized carbons (Fsp3) is 0.318. The van der Waals surface area contributed by atoms with Gasteiger partial charge in [0, 0.05) is 25.4 Å². The highest BCUT2D eigenvalue weighted by Crippen LogP contribution is 2.27. The van der Waals surface area contributed by atoms with Crippen LogP contribution < -0.4 is 21.5 Å². The van der Waals surface area contributed by atoms with Crippen LogP contribution in [0.4, 0.5) is 17.3 Å². The third-order valence-corrected chi connectivity index (χ3v) is 6.06. The van der Waals surface area contributed by atoms with Gasteiger partial charge in [0.15, 0.2) is 12.0 Å². The van der Waals surface area contributed by atoms with Gasteiger partial charge in [-0.25, -0.2) is 9.97 Å². The molecule has 4 aromatic rings. The number of aromatic nitrogens is 5. The van der Waals surface area contributed by atoms with Crippen molar-refractivity contribution in [3.63, 3.8) is 0 Å². The number of carbonyl (C=O) groups excluding carboxylic acids is 1. The summed E-state index contributed by atoms with van der Waals surface area (Å²) in [6.07, 6.45) is 6.49. The highest BCUT2D eigenvalue weighted by Gasteiger charge is 2.29. The van der Waals surface area contributed by atoms with E-state index in [2.05, 4.69) is 37.9 Å². The lowest BCUT2D eigenvalue weighted by Gasteiger charge is -2.34. The zero-order valence-electron chi connectivity index (χ0n) is 18.5. The first kappa shape index (κ1) is 20.7. The van der Waals surface area contributed by atoms with Gasteiger partial charge in [0.05, 0.1) is 6.20 Å². The molecule has 1 aliphatic rings. The molecule has 170 valence electrons. The van der Waals surface area contributed by atoms with E-state index >= 15 is 0 Å². The Morgan fingerprint density at radius 1 is 1.30 bits per heavy atom. The average molecular weight is 448 g/mol. The molecule has 0 spiro atoms. The molecule has 1 aliphatic carbocycles. The van der Waals surface area contributed by atoms with E-state index in [1.165, 1.54) is 17.2 Å². The lowest BCUT2D eigenvalue weighted by molar-refractivity contribution is 0.0886. The van der Waals surface area contributed by atoms with Gasteiger partial charge < -0.3 is 20.4 Å². The minimum Gasteiger partial charge on any atom is -0.427 e. The van der Waals surface area contributed by atoms with Crippen LogP contribution in [0.3, 0.4) is 0 Å². The summed E-state index contributed by atoms with van der Waals surface area (Å²) in [6, 6.07) is 5.25. The van der Waals surface area contributed by atoms with Crippen LogP contribution in [0.15, 0.2) is 46.2 Å². The molecule has 2 atom stereocenters. The summed E-state index contributed by atoms with van der Waals surface area (Å²) in [5, 5.41) is 13.5. The molecule has 4 heterocycles. The van der Waals surface area contributed by atoms with Gasteiger partial charge in [-0.2, -0.15) is 9.61 Å². The second-order valence-corrected chi connectivity index (χ2v) is 8.17. The number of rotatable bonds is 6. The molecule has 0 aliphatic heterocycles. The lowest BCUT2D eigenvalue weighted by atomic mass is 9.81. The predicted molar refractivity (Wildman–Crippen MR) is 122 cm³/mol. The molecular formula is C22H24N8O3. The Bertz CT molecular complexity index is 1400. The molecule has 3 N–H and O–H groups in total. The van der Waals surface area contributed by atoms with E-state index in [1.807, 2.05) is 0 Å². The minimum atomic E-state index is -0.324. The molecule has 0 unspecified atom stereocenters. The Hall–Kier alpha value is -4.15. The summed E-state index contributed by atoms with van der Waals surface area (Å²) in [4.78, 5) is 34.6. The minimum absolute atomic E-state index is 0.167. The molecule has 4 aromatic heterocycles. The number of nitrogens with zero attached hydrogens (tertiary/aromatic N) is 5. The smallest absolute Gasteiger partial charge is 0.281 e. The summed E-state index contributed by atoms with van der Waals surface area (Å²) in [5.74, 6) is 1.60. The highest BCUT2D eigenvalue weighted by molar-refractivity contribution is 6.00. The van der Waals surface area contributed by atoms with Gasteiger partial charge in [-0.3, -0.25) is 14.2 Å². The standard InChI is InChI=1S/C22H24N8O3/c1-12-6-7-15(12)27-20(31)14-10-25-30-18(23-3)9-17(28-19(14)30)26-16-5-4-8-29(21(16)32)22-13(2)24-11-33-22/h4-5,8-12,15,23H,6-7H2,1-3H3,(H,26,28)(H,27,31)/t12-,15+/m1/s1. The Kier molecular flexibility index (Phi) is 5.08. The Balaban J connectivity index is 1.51. The van der Waals surface area contributed by atoms with Gasteiger partial charge in [-0.1, -0.05) is 6.92 Å². The largest absolute Gasteiger partial charge is 0.427 e. The summed E-state index contributed by atoms with van der Waals surface area (Å²) in [5.41, 5.74) is 1.33. The third kappa shape index (κ3) is 3.60. The van der Waals surface area contributed by atoms with Gasteiger partial charge in [0.1, 0.15) is 28.6 Å². The van der Waals surface area contributed by atoms with Gasteiger partial charge in [0.2, 0.25) is 5.88 Å². The first-order chi connectivity index (χ1) is 16.0. The predicted octanol–water partition coefficient (Wildman–Crippen LogP) is 2.49. The molecule has 33 heavy (non-hydrogen) atoms. The van der Waals surface area contributed by atoms with E-state index in [-0.39, 0.29) is 17.5 Å². The number of hydrogen-bond donors (Lipinski definition) is 3. The molecule has 0 aromatic carbocycles. The zero-order chi connectivity index (χ0) is 23.1. The SMILES string of the molecule is CNc1cc(Nc2cccn(-c3ocnc3C)c2=O)nc2c(C(=O)N[C@H]3CC[C@H]3C)cnn12. The van der Waals surface area contributed by atoms with E-state index in [0.29, 0.717) is 46.0 Å². The van der Waals surface area contributed by atoms with Crippen LogP contribution in [0.1, 0.15) is 35.8 Å². The molecule has 5 rings (SSSR count). The molecule has 0 radical (unpaired) electrons. The number of nitrogens with one attached hydrogen (secondary N) is 3. The molecule has 11 nitrogen and oxygen atoms in total. The molecule has 1 amide bonds. The number of hydrogen-bond acceptors (Lipinski definition) is 8. The fourth-order valence-corrected chi connectivity index (χ4v) is 3.91. The van der Waals surface area contributed by atoms with E-state index in [4.69, 9.17) is 4.42 Å². The Morgan fingerprint density at radius 2 is 2.15 bits per heavy atom. The van der Waals surface area contributed by atoms with Crippen LogP contribution in [-0.4, -0.2) is 43.1 Å². The molecule has 0 saturated heterocycles. The van der Waals surface area contributed by atoms with E-state index in [1.54, 1.807) is 42.9 Å². The number of aryl methyl sites for hydroxylation is 1. The summed E-state index contributed by atoms with van der Waals surface area (Å²) < 4.78 is 8.29. The number of amides is 1. The maximum Gasteiger partial charge on any atom is 0.281 e. The van der Waals surface area contributed by atoms with Crippen molar-refractivity contribution < 1.29 is 9.21 Å². The number of carbonyl (C=O) groups is 1. The number of fused-ring (bicyclic) bond motifs is 1. The highest BCUT2D eigenvalue weighted by atomic mass is 16.4. The van der Waals surface area contributed by atoms with Gasteiger partial charge in [-0.05, 0) is 37.8 Å². The average Bonchev–Trinajstić information content (AvgIpc) is 3.43. The number of pyridine rings is 1. The Morgan fingerprint density at radius 3 is 2.82 bits per heavy atom. The molecule has 11 heteroatoms. The summed E-state index contributed by atoms with van der Waals surface area (Å²) in [6.45, 7) is 3.88. The molecule has 1 fully saturated rings. The van der Waals surface area contributed by atoms with Crippen molar-refractivity contribution >= 4 is 28.9 Å². The maximum atomic E-state index is 13.0. The summed E-state index contributed by atoms with van der Waals surface area (Å²) in [7, 11) is 1.75. The van der Waals surface area contributed by atoms with E-state index in [9.17, 15) is 9.59 Å². The van der Waals surface area contributed by atoms with Crippen molar-refractivity contribution in [2.45, 2.75) is 32.7 Å². The second-order valence-electron chi connectivity index (χ2n) is 8.17. The molecular weight excluding hydrogens is 424 g/mol. The van der Waals surface area contributed by atoms with Crippen LogP contribution >= 0.6 is 0 Å². The van der Waals surface area contributed by atoms with Crippen LogP contribution in [0.5, 0.6) is 0 Å². The van der Waals surface area contributed by atoms with Gasteiger partial charge >= 0.3 is 0 Å². The molecule has 0 bridgehead atoms. The molecule has 1 saturated carbocycles. The normalized spacial score (nSPS) is 17.5. The lowest BCUT2D eigenvalue weighted by Crippen LogP contribution is -2.45. The quantitative estimate of drug-likeness (QED) is 0.410. The summed E-state index contributed by atoms with van der Waals surface area (Å²) >= 11 is 0. The van der Waals surface area contributed by atoms with Gasteiger partial charge in [0.25, 0.3) is 11.5 Å². The first-order valence-corrected chi connectivity index (χ1v) is 10.7. The zero-order valence-corrected chi connectivity index (χ0v) is 18.5. The van der Waals surface area contributed by atoms with Crippen molar-refractivity contribution in [1.82, 2.24) is 29.5 Å². The second kappa shape index (κ2) is 8.08. The van der Waals surface area contributed by atoms with Crippen LogP contribution in [0.25, 0.3) is 11.5 Å². The number of anilines is 3. The van der Waals surface area contributed by atoms with Crippen molar-refractivity contribution in [1.29, 1.82) is 0 Å². The van der Waals surface area contributed by atoms with Crippen molar-refractivity contribution in [2.75, 3.05) is 17.7 Å². The maximum absolute atomic E-state index is 13.0. The van der Waals surface area contributed by atoms with Crippen molar-refractivity contribution in [2.24, 2.45) is 5.92 Å². The van der Waals surface area contributed by atoms with Crippen molar-refractivity contribution in [3.05, 3.63) is 58.6 Å². The Labute approximate surface area is 188 Å². The van der Waals surface area contributed by atoms with Crippen LogP contribution in [0, 0.1) is 12.8 Å². The topological polar surface area (TPSA) is 131 Å². The third-order valence-electron chi connectivity index (χ3n) is 6.06. The first-order valence-electron chi connectivity index (χ1n) is 10.7. The van der Waals surface area contributed by atoms with Crippen molar-refractivity contribution in [3.8, 4) is 5.88 Å². The van der Waals surface area contributed by atoms with Crippen LogP contribution in [0.2, 0.25) is 0 Å². The van der Waals surface area contributed by atoms with Crippen LogP contribution in [-0.2, 0) is 0 Å². The van der Waals surface area contributed by atoms with Gasteiger partial charge in [-0.15, -0.1) is 0 Å².